The zero-order chi connectivity index (χ0) is 20.4. The van der Waals surface area contributed by atoms with Crippen molar-refractivity contribution in [2.75, 3.05) is 12.8 Å². The molecule has 0 amide bonds. The van der Waals surface area contributed by atoms with E-state index in [-0.39, 0.29) is 22.2 Å². The number of nitrogens with two attached hydrogens (primary N) is 1. The zero-order valence-corrected chi connectivity index (χ0v) is 17.2. The molecular formula is C20H19ClFN2O3P. The van der Waals surface area contributed by atoms with E-state index in [0.29, 0.717) is 22.4 Å². The third kappa shape index (κ3) is 3.98. The molecule has 8 heteroatoms. The summed E-state index contributed by atoms with van der Waals surface area (Å²) in [5.41, 5.74) is 7.63. The number of methoxy groups -OCH3 is 1. The Labute approximate surface area is 169 Å². The molecule has 5 nitrogen and oxygen atoms in total. The highest BCUT2D eigenvalue weighted by Gasteiger charge is 2.20. The summed E-state index contributed by atoms with van der Waals surface area (Å²) in [6.45, 7) is 1.68. The van der Waals surface area contributed by atoms with Crippen LogP contribution in [0.25, 0.3) is 11.1 Å². The molecule has 2 unspecified atom stereocenters. The van der Waals surface area contributed by atoms with Gasteiger partial charge in [-0.15, -0.1) is 9.24 Å². The lowest BCUT2D eigenvalue weighted by atomic mass is 10.1. The molecule has 1 aromatic heterocycles. The normalized spacial score (nSPS) is 11.9. The highest BCUT2D eigenvalue weighted by atomic mass is 35.5. The molecule has 0 bridgehead atoms. The smallest absolute Gasteiger partial charge is 0.166 e. The molecule has 28 heavy (non-hydrogen) atoms. The Bertz CT molecular complexity index is 1030. The van der Waals surface area contributed by atoms with Gasteiger partial charge in [-0.1, -0.05) is 23.7 Å². The fraction of sp³-hybridized carbons (Fsp3) is 0.150. The highest BCUT2D eigenvalue weighted by Crippen LogP contribution is 2.36. The number of halogens is 2. The quantitative estimate of drug-likeness (QED) is 0.595. The minimum Gasteiger partial charge on any atom is -0.504 e. The second kappa shape index (κ2) is 8.21. The summed E-state index contributed by atoms with van der Waals surface area (Å²) in [6.07, 6.45) is 0.886. The van der Waals surface area contributed by atoms with Gasteiger partial charge in [-0.25, -0.2) is 9.37 Å². The lowest BCUT2D eigenvalue weighted by molar-refractivity contribution is 0.222. The summed E-state index contributed by atoms with van der Waals surface area (Å²) in [5.74, 6) is 0.371. The van der Waals surface area contributed by atoms with Gasteiger partial charge in [0.05, 0.1) is 12.1 Å². The molecule has 2 aromatic carbocycles. The van der Waals surface area contributed by atoms with Gasteiger partial charge >= 0.3 is 0 Å². The van der Waals surface area contributed by atoms with E-state index in [9.17, 15) is 9.50 Å². The third-order valence-electron chi connectivity index (χ3n) is 4.26. The zero-order valence-electron chi connectivity index (χ0n) is 15.2. The number of hydrogen-bond donors (Lipinski definition) is 2. The summed E-state index contributed by atoms with van der Waals surface area (Å²) < 4.78 is 25.5. The summed E-state index contributed by atoms with van der Waals surface area (Å²) in [7, 11) is 3.79. The van der Waals surface area contributed by atoms with Crippen LogP contribution in [0.1, 0.15) is 18.6 Å². The number of pyridine rings is 1. The molecule has 2 atom stereocenters. The Kier molecular flexibility index (Phi) is 5.92. The number of aromatic nitrogens is 1. The summed E-state index contributed by atoms with van der Waals surface area (Å²) in [6, 6.07) is 9.79. The molecule has 0 saturated heterocycles. The first kappa shape index (κ1) is 20.2. The van der Waals surface area contributed by atoms with Gasteiger partial charge in [-0.2, -0.15) is 0 Å². The number of nitrogens with zero attached hydrogens (tertiary/aromatic N) is 1. The van der Waals surface area contributed by atoms with Crippen molar-refractivity contribution >= 4 is 32.0 Å². The number of anilines is 1. The molecule has 0 saturated carbocycles. The predicted octanol–water partition coefficient (Wildman–Crippen LogP) is 4.48. The summed E-state index contributed by atoms with van der Waals surface area (Å²) in [5, 5.41) is 10.4. The van der Waals surface area contributed by atoms with E-state index in [1.807, 2.05) is 0 Å². The second-order valence-corrected chi connectivity index (χ2v) is 7.15. The maximum Gasteiger partial charge on any atom is 0.166 e. The molecule has 0 fully saturated rings. The maximum absolute atomic E-state index is 14.5. The van der Waals surface area contributed by atoms with Crippen LogP contribution < -0.4 is 20.5 Å². The number of phenols is 1. The van der Waals surface area contributed by atoms with E-state index < -0.39 is 11.9 Å². The average Bonchev–Trinajstić information content (AvgIpc) is 2.67. The first-order chi connectivity index (χ1) is 13.3. The van der Waals surface area contributed by atoms with Gasteiger partial charge < -0.3 is 20.3 Å². The van der Waals surface area contributed by atoms with Gasteiger partial charge in [0.1, 0.15) is 11.9 Å². The van der Waals surface area contributed by atoms with Crippen molar-refractivity contribution in [2.45, 2.75) is 13.0 Å². The molecule has 0 aliphatic rings. The Morgan fingerprint density at radius 2 is 1.89 bits per heavy atom. The topological polar surface area (TPSA) is 77.6 Å². The summed E-state index contributed by atoms with van der Waals surface area (Å²) >= 11 is 6.16. The van der Waals surface area contributed by atoms with Gasteiger partial charge in [-0.05, 0) is 36.8 Å². The number of nitrogen functional groups attached to an aromatic ring is 1. The molecule has 3 aromatic rings. The monoisotopic (exact) mass is 420 g/mol. The van der Waals surface area contributed by atoms with Gasteiger partial charge in [0, 0.05) is 22.6 Å². The number of hydrogen-bond acceptors (Lipinski definition) is 5. The van der Waals surface area contributed by atoms with E-state index in [1.165, 1.54) is 13.2 Å². The van der Waals surface area contributed by atoms with Crippen molar-refractivity contribution in [2.24, 2.45) is 0 Å². The van der Waals surface area contributed by atoms with E-state index in [2.05, 4.69) is 14.2 Å². The SMILES string of the molecule is COc1cc(-c2cnc(N)c(OC(C)c3c(Cl)ccc(P)c3F)c2)ccc1O. The first-order valence-corrected chi connectivity index (χ1v) is 9.30. The van der Waals surface area contributed by atoms with Crippen LogP contribution in [0, 0.1) is 5.82 Å². The Balaban J connectivity index is 1.96. The molecule has 1 heterocycles. The van der Waals surface area contributed by atoms with Gasteiger partial charge in [0.15, 0.2) is 23.1 Å². The van der Waals surface area contributed by atoms with Crippen LogP contribution in [0.15, 0.2) is 42.6 Å². The fourth-order valence-electron chi connectivity index (χ4n) is 2.77. The van der Waals surface area contributed by atoms with Crippen LogP contribution in [0.5, 0.6) is 17.2 Å². The Morgan fingerprint density at radius 1 is 1.18 bits per heavy atom. The second-order valence-electron chi connectivity index (χ2n) is 6.12. The minimum atomic E-state index is -0.693. The lowest BCUT2D eigenvalue weighted by Gasteiger charge is -2.19. The van der Waals surface area contributed by atoms with Crippen molar-refractivity contribution in [1.29, 1.82) is 0 Å². The number of rotatable bonds is 5. The highest BCUT2D eigenvalue weighted by molar-refractivity contribution is 7.27. The van der Waals surface area contributed by atoms with Gasteiger partial charge in [0.25, 0.3) is 0 Å². The molecular weight excluding hydrogens is 402 g/mol. The van der Waals surface area contributed by atoms with Crippen molar-refractivity contribution in [3.8, 4) is 28.4 Å². The van der Waals surface area contributed by atoms with E-state index in [4.69, 9.17) is 26.8 Å². The van der Waals surface area contributed by atoms with E-state index in [1.54, 1.807) is 43.5 Å². The summed E-state index contributed by atoms with van der Waals surface area (Å²) in [4.78, 5) is 4.16. The molecule has 0 aliphatic heterocycles. The Morgan fingerprint density at radius 3 is 2.61 bits per heavy atom. The van der Waals surface area contributed by atoms with Crippen molar-refractivity contribution in [3.63, 3.8) is 0 Å². The van der Waals surface area contributed by atoms with Crippen LogP contribution in [0.3, 0.4) is 0 Å². The van der Waals surface area contributed by atoms with Crippen LogP contribution in [0.2, 0.25) is 5.02 Å². The molecule has 0 radical (unpaired) electrons. The maximum atomic E-state index is 14.5. The molecule has 146 valence electrons. The van der Waals surface area contributed by atoms with Crippen molar-refractivity contribution in [1.82, 2.24) is 4.98 Å². The van der Waals surface area contributed by atoms with E-state index in [0.717, 1.165) is 5.56 Å². The largest absolute Gasteiger partial charge is 0.504 e. The molecule has 3 rings (SSSR count). The van der Waals surface area contributed by atoms with Crippen molar-refractivity contribution < 1.29 is 19.0 Å². The number of phenolic OH excluding ortho intramolecular Hbond substituents is 1. The molecule has 0 spiro atoms. The fourth-order valence-corrected chi connectivity index (χ4v) is 3.32. The third-order valence-corrected chi connectivity index (χ3v) is 5.04. The average molecular weight is 421 g/mol. The number of ether oxygens (including phenoxy) is 2. The van der Waals surface area contributed by atoms with Gasteiger partial charge in [0.2, 0.25) is 0 Å². The number of benzene rings is 2. The first-order valence-electron chi connectivity index (χ1n) is 8.34. The van der Waals surface area contributed by atoms with Gasteiger partial charge in [-0.3, -0.25) is 0 Å². The predicted molar refractivity (Wildman–Crippen MR) is 112 cm³/mol. The van der Waals surface area contributed by atoms with Crippen LogP contribution in [-0.4, -0.2) is 17.2 Å². The number of aromatic hydroxyl groups is 1. The van der Waals surface area contributed by atoms with E-state index >= 15 is 0 Å². The van der Waals surface area contributed by atoms with Crippen LogP contribution >= 0.6 is 20.8 Å². The lowest BCUT2D eigenvalue weighted by Crippen LogP contribution is -2.12. The van der Waals surface area contributed by atoms with Crippen molar-refractivity contribution in [3.05, 3.63) is 59.0 Å². The Hall–Kier alpha value is -2.56. The standard InChI is InChI=1S/C20H19ClFN2O3P/c1-10(18-13(21)4-6-17(28)19(18)22)27-16-8-12(9-24-20(16)23)11-3-5-14(25)15(7-11)26-2/h3-10,25H,28H2,1-2H3,(H2,23,24). The van der Waals surface area contributed by atoms with Crippen LogP contribution in [-0.2, 0) is 0 Å². The minimum absolute atomic E-state index is 0.0298. The van der Waals surface area contributed by atoms with Crippen LogP contribution in [0.4, 0.5) is 10.2 Å². The molecule has 3 N–H and O–H groups in total. The molecule has 0 aliphatic carbocycles.